The molecular formula is C29H36Cl2N2O5S. The normalized spacial score (nSPS) is 24.7. The van der Waals surface area contributed by atoms with Crippen LogP contribution < -0.4 is 0 Å². The summed E-state index contributed by atoms with van der Waals surface area (Å²) in [6, 6.07) is 14.1. The number of rotatable bonds is 11. The van der Waals surface area contributed by atoms with Crippen molar-refractivity contribution in [2.45, 2.75) is 75.6 Å². The summed E-state index contributed by atoms with van der Waals surface area (Å²) in [4.78, 5) is 27.9. The first-order valence-corrected chi connectivity index (χ1v) is 15.6. The average Bonchev–Trinajstić information content (AvgIpc) is 3.75. The summed E-state index contributed by atoms with van der Waals surface area (Å²) in [6.45, 7) is 3.94. The lowest BCUT2D eigenvalue weighted by Gasteiger charge is -2.52. The zero-order valence-electron chi connectivity index (χ0n) is 22.5. The lowest BCUT2D eigenvalue weighted by Crippen LogP contribution is -2.58. The SMILES string of the molecule is CC[C@@H](CN(C)S(=O)(=O)C1CC1)N1C(=O)[C@](C)(CCC(=O)O)C[C@@H](c2cccc(Cl)c2)[C@@H]1c1ccc(Cl)cc1. The molecule has 1 heterocycles. The molecule has 1 saturated carbocycles. The van der Waals surface area contributed by atoms with Gasteiger partial charge < -0.3 is 10.0 Å². The van der Waals surface area contributed by atoms with Crippen LogP contribution in [0.2, 0.25) is 10.0 Å². The molecule has 0 spiro atoms. The third-order valence-corrected chi connectivity index (χ3v) is 11.0. The number of piperidine rings is 1. The monoisotopic (exact) mass is 594 g/mol. The Morgan fingerprint density at radius 1 is 1.13 bits per heavy atom. The molecule has 1 N–H and O–H groups in total. The van der Waals surface area contributed by atoms with E-state index in [-0.39, 0.29) is 36.5 Å². The van der Waals surface area contributed by atoms with Crippen molar-refractivity contribution >= 4 is 45.1 Å². The summed E-state index contributed by atoms with van der Waals surface area (Å²) < 4.78 is 27.5. The average molecular weight is 596 g/mol. The van der Waals surface area contributed by atoms with Crippen LogP contribution in [0, 0.1) is 5.41 Å². The van der Waals surface area contributed by atoms with E-state index in [1.807, 2.05) is 49.1 Å². The topological polar surface area (TPSA) is 95.0 Å². The molecule has 0 unspecified atom stereocenters. The molecule has 0 radical (unpaired) electrons. The maximum absolute atomic E-state index is 14.4. The summed E-state index contributed by atoms with van der Waals surface area (Å²) in [5, 5.41) is 10.3. The number of likely N-dealkylation sites (N-methyl/N-ethyl adjacent to an activating group) is 1. The van der Waals surface area contributed by atoms with Crippen LogP contribution in [0.1, 0.15) is 75.5 Å². The van der Waals surface area contributed by atoms with Crippen molar-refractivity contribution in [3.05, 3.63) is 69.7 Å². The Balaban J connectivity index is 1.85. The van der Waals surface area contributed by atoms with Gasteiger partial charge in [-0.3, -0.25) is 9.59 Å². The second-order valence-electron chi connectivity index (χ2n) is 11.1. The molecule has 4 atom stereocenters. The Hall–Kier alpha value is -2.13. The predicted molar refractivity (Wildman–Crippen MR) is 153 cm³/mol. The third-order valence-electron chi connectivity index (χ3n) is 8.19. The van der Waals surface area contributed by atoms with Crippen molar-refractivity contribution in [1.82, 2.24) is 9.21 Å². The van der Waals surface area contributed by atoms with Crippen LogP contribution >= 0.6 is 23.2 Å². The number of carbonyl (C=O) groups excluding carboxylic acids is 1. The fourth-order valence-electron chi connectivity index (χ4n) is 5.83. The van der Waals surface area contributed by atoms with Gasteiger partial charge >= 0.3 is 5.97 Å². The molecule has 2 aromatic carbocycles. The van der Waals surface area contributed by atoms with E-state index in [4.69, 9.17) is 23.2 Å². The van der Waals surface area contributed by atoms with Gasteiger partial charge in [0.2, 0.25) is 15.9 Å². The van der Waals surface area contributed by atoms with E-state index in [1.165, 1.54) is 4.31 Å². The molecule has 1 amide bonds. The number of halogens is 2. The van der Waals surface area contributed by atoms with Gasteiger partial charge in [0.25, 0.3) is 0 Å². The summed E-state index contributed by atoms with van der Waals surface area (Å²) in [6.07, 6.45) is 2.30. The van der Waals surface area contributed by atoms with Crippen LogP contribution in [0.5, 0.6) is 0 Å². The minimum atomic E-state index is -3.45. The van der Waals surface area contributed by atoms with Crippen molar-refractivity contribution in [2.75, 3.05) is 13.6 Å². The number of nitrogens with zero attached hydrogens (tertiary/aromatic N) is 2. The smallest absolute Gasteiger partial charge is 0.303 e. The highest BCUT2D eigenvalue weighted by atomic mass is 35.5. The van der Waals surface area contributed by atoms with Crippen molar-refractivity contribution in [3.8, 4) is 0 Å². The van der Waals surface area contributed by atoms with Gasteiger partial charge in [0.05, 0.1) is 11.3 Å². The van der Waals surface area contributed by atoms with Crippen molar-refractivity contribution in [2.24, 2.45) is 5.41 Å². The molecule has 1 aliphatic carbocycles. The third kappa shape index (κ3) is 6.45. The minimum absolute atomic E-state index is 0.142. The summed E-state index contributed by atoms with van der Waals surface area (Å²) in [5.41, 5.74) is 0.856. The molecule has 7 nitrogen and oxygen atoms in total. The van der Waals surface area contributed by atoms with Gasteiger partial charge in [-0.2, -0.15) is 0 Å². The second-order valence-corrected chi connectivity index (χ2v) is 14.3. The van der Waals surface area contributed by atoms with Crippen LogP contribution in [0.25, 0.3) is 0 Å². The number of carboxylic acid groups (broad SMARTS) is 1. The van der Waals surface area contributed by atoms with Gasteiger partial charge in [0.1, 0.15) is 0 Å². The second kappa shape index (κ2) is 11.8. The zero-order chi connectivity index (χ0) is 28.5. The summed E-state index contributed by atoms with van der Waals surface area (Å²) >= 11 is 12.6. The number of carboxylic acids is 1. The Morgan fingerprint density at radius 3 is 2.36 bits per heavy atom. The van der Waals surface area contributed by atoms with Crippen LogP contribution in [-0.4, -0.2) is 59.5 Å². The van der Waals surface area contributed by atoms with E-state index in [2.05, 4.69) is 0 Å². The number of carbonyl (C=O) groups is 2. The Kier molecular flexibility index (Phi) is 9.01. The van der Waals surface area contributed by atoms with E-state index in [1.54, 1.807) is 25.2 Å². The molecule has 4 rings (SSSR count). The molecule has 2 fully saturated rings. The van der Waals surface area contributed by atoms with E-state index >= 15 is 0 Å². The van der Waals surface area contributed by atoms with Crippen molar-refractivity contribution in [1.29, 1.82) is 0 Å². The molecule has 1 aliphatic heterocycles. The Labute approximate surface area is 241 Å². The lowest BCUT2D eigenvalue weighted by atomic mass is 9.66. The molecule has 212 valence electrons. The number of aliphatic carboxylic acids is 1. The quantitative estimate of drug-likeness (QED) is 0.338. The molecular weight excluding hydrogens is 559 g/mol. The number of sulfonamides is 1. The highest BCUT2D eigenvalue weighted by Gasteiger charge is 2.52. The van der Waals surface area contributed by atoms with Gasteiger partial charge in [-0.25, -0.2) is 12.7 Å². The molecule has 39 heavy (non-hydrogen) atoms. The van der Waals surface area contributed by atoms with E-state index in [0.717, 1.165) is 11.1 Å². The van der Waals surface area contributed by atoms with E-state index in [9.17, 15) is 23.1 Å². The number of benzene rings is 2. The molecule has 2 aliphatic rings. The zero-order valence-corrected chi connectivity index (χ0v) is 24.8. The maximum atomic E-state index is 14.4. The number of hydrogen-bond donors (Lipinski definition) is 1. The van der Waals surface area contributed by atoms with Crippen LogP contribution in [-0.2, 0) is 19.6 Å². The van der Waals surface area contributed by atoms with Crippen molar-refractivity contribution < 1.29 is 23.1 Å². The van der Waals surface area contributed by atoms with E-state index < -0.39 is 33.5 Å². The Bertz CT molecular complexity index is 1320. The number of likely N-dealkylation sites (tertiary alicyclic amines) is 1. The van der Waals surface area contributed by atoms with Crippen LogP contribution in [0.15, 0.2) is 48.5 Å². The predicted octanol–water partition coefficient (Wildman–Crippen LogP) is 6.12. The molecule has 1 saturated heterocycles. The largest absolute Gasteiger partial charge is 0.481 e. The number of amides is 1. The molecule has 0 bridgehead atoms. The van der Waals surface area contributed by atoms with Gasteiger partial charge in [-0.05, 0) is 67.5 Å². The first kappa shape index (κ1) is 29.8. The highest BCUT2D eigenvalue weighted by Crippen LogP contribution is 2.52. The molecule has 2 aromatic rings. The standard InChI is InChI=1S/C29H36Cl2N2O5S/c1-4-23(18-32(3)39(37,38)24-12-13-24)33-27(19-8-10-21(30)11-9-19)25(20-6-5-7-22(31)16-20)17-29(2,28(33)36)15-14-26(34)35/h5-11,16,23-25,27H,4,12-15,17-18H2,1-3H3,(H,34,35)/t23-,25-,27-,29+/m0/s1. The van der Waals surface area contributed by atoms with Gasteiger partial charge in [-0.15, -0.1) is 0 Å². The molecule has 10 heteroatoms. The van der Waals surface area contributed by atoms with Crippen LogP contribution in [0.4, 0.5) is 0 Å². The van der Waals surface area contributed by atoms with E-state index in [0.29, 0.717) is 35.7 Å². The Morgan fingerprint density at radius 2 is 1.79 bits per heavy atom. The fourth-order valence-corrected chi connectivity index (χ4v) is 7.77. The molecule has 0 aromatic heterocycles. The van der Waals surface area contributed by atoms with Crippen LogP contribution in [0.3, 0.4) is 0 Å². The maximum Gasteiger partial charge on any atom is 0.303 e. The summed E-state index contributed by atoms with van der Waals surface area (Å²) in [5.74, 6) is -1.33. The van der Waals surface area contributed by atoms with Gasteiger partial charge in [0.15, 0.2) is 0 Å². The highest BCUT2D eigenvalue weighted by molar-refractivity contribution is 7.90. The first-order chi connectivity index (χ1) is 18.4. The fraction of sp³-hybridized carbons (Fsp3) is 0.517. The summed E-state index contributed by atoms with van der Waals surface area (Å²) in [7, 11) is -1.87. The number of hydrogen-bond acceptors (Lipinski definition) is 4. The van der Waals surface area contributed by atoms with Gasteiger partial charge in [0, 0.05) is 47.4 Å². The van der Waals surface area contributed by atoms with Crippen molar-refractivity contribution in [3.63, 3.8) is 0 Å². The minimum Gasteiger partial charge on any atom is -0.481 e. The lowest BCUT2D eigenvalue weighted by molar-refractivity contribution is -0.156. The first-order valence-electron chi connectivity index (χ1n) is 13.4. The van der Waals surface area contributed by atoms with Gasteiger partial charge in [-0.1, -0.05) is 61.3 Å².